The van der Waals surface area contributed by atoms with E-state index < -0.39 is 50.5 Å². The Labute approximate surface area is 181 Å². The lowest BCUT2D eigenvalue weighted by atomic mass is 9.83. The molecule has 5 rings (SSSR count). The topological polar surface area (TPSA) is 126 Å². The predicted octanol–water partition coefficient (Wildman–Crippen LogP) is 2.50. The number of rotatable bonds is 3. The highest BCUT2D eigenvalue weighted by atomic mass is 32.2. The maximum absolute atomic E-state index is 13.1. The molecule has 2 amide bonds. The lowest BCUT2D eigenvalue weighted by Gasteiger charge is -2.22. The van der Waals surface area contributed by atoms with Gasteiger partial charge in [-0.3, -0.25) is 28.6 Å². The van der Waals surface area contributed by atoms with E-state index in [1.165, 1.54) is 42.5 Å². The number of fused-ring (bicyclic) bond motifs is 3. The van der Waals surface area contributed by atoms with Crippen molar-refractivity contribution in [2.75, 3.05) is 0 Å². The molecule has 32 heavy (non-hydrogen) atoms. The Hall–Kier alpha value is -3.95. The van der Waals surface area contributed by atoms with Gasteiger partial charge >= 0.3 is 0 Å². The molecule has 0 unspecified atom stereocenters. The minimum atomic E-state index is -5.00. The summed E-state index contributed by atoms with van der Waals surface area (Å²) >= 11 is 0. The molecule has 3 aromatic rings. The van der Waals surface area contributed by atoms with E-state index in [1.807, 2.05) is 0 Å². The van der Waals surface area contributed by atoms with Crippen molar-refractivity contribution in [3.8, 4) is 0 Å². The van der Waals surface area contributed by atoms with Gasteiger partial charge in [-0.2, -0.15) is 8.42 Å². The number of hydrogen-bond donors (Lipinski definition) is 1. The van der Waals surface area contributed by atoms with Crippen molar-refractivity contribution in [3.63, 3.8) is 0 Å². The van der Waals surface area contributed by atoms with Crippen LogP contribution < -0.4 is 0 Å². The second-order valence-electron chi connectivity index (χ2n) is 7.40. The number of imide groups is 1. The molecule has 0 saturated carbocycles. The summed E-state index contributed by atoms with van der Waals surface area (Å²) < 4.78 is 34.7. The van der Waals surface area contributed by atoms with Gasteiger partial charge in [-0.15, -0.1) is 0 Å². The molecule has 0 aromatic heterocycles. The van der Waals surface area contributed by atoms with Crippen molar-refractivity contribution in [1.82, 2.24) is 4.90 Å². The molecule has 0 bridgehead atoms. The zero-order valence-corrected chi connectivity index (χ0v) is 17.0. The molecule has 8 nitrogen and oxygen atoms in total. The Kier molecular flexibility index (Phi) is 4.23. The van der Waals surface area contributed by atoms with Crippen molar-refractivity contribution in [3.05, 3.63) is 99.6 Å². The van der Waals surface area contributed by atoms with Gasteiger partial charge in [0.15, 0.2) is 11.6 Å². The van der Waals surface area contributed by atoms with E-state index in [2.05, 4.69) is 0 Å². The normalized spacial score (nSPS) is 15.0. The summed E-state index contributed by atoms with van der Waals surface area (Å²) in [6.07, 6.45) is 0. The van der Waals surface area contributed by atoms with Crippen LogP contribution in [0.25, 0.3) is 0 Å². The van der Waals surface area contributed by atoms with Crippen LogP contribution in [0.1, 0.15) is 58.1 Å². The van der Waals surface area contributed by atoms with Gasteiger partial charge in [0.1, 0.15) is 4.90 Å². The summed E-state index contributed by atoms with van der Waals surface area (Å²) in [7, 11) is -5.00. The molecule has 1 heterocycles. The van der Waals surface area contributed by atoms with Crippen LogP contribution in [0.2, 0.25) is 0 Å². The average molecular weight is 447 g/mol. The summed E-state index contributed by atoms with van der Waals surface area (Å²) in [5, 5.41) is 0. The molecule has 2 aliphatic rings. The van der Waals surface area contributed by atoms with E-state index in [4.69, 9.17) is 0 Å². The Bertz CT molecular complexity index is 1470. The predicted molar refractivity (Wildman–Crippen MR) is 110 cm³/mol. The number of hydrogen-bond acceptors (Lipinski definition) is 6. The molecule has 1 aliphatic carbocycles. The van der Waals surface area contributed by atoms with Gasteiger partial charge < -0.3 is 0 Å². The van der Waals surface area contributed by atoms with E-state index in [0.717, 1.165) is 4.90 Å². The Morgan fingerprint density at radius 3 is 1.69 bits per heavy atom. The fourth-order valence-electron chi connectivity index (χ4n) is 4.17. The molecule has 3 aromatic carbocycles. The van der Waals surface area contributed by atoms with Gasteiger partial charge in [0, 0.05) is 16.7 Å². The van der Waals surface area contributed by atoms with Crippen LogP contribution in [0.15, 0.2) is 65.6 Å². The van der Waals surface area contributed by atoms with Crippen LogP contribution in [-0.4, -0.2) is 41.3 Å². The van der Waals surface area contributed by atoms with Crippen LogP contribution >= 0.6 is 0 Å². The summed E-state index contributed by atoms with van der Waals surface area (Å²) in [6.45, 7) is -0.502. The zero-order chi connectivity index (χ0) is 22.8. The number of carbonyl (C=O) groups is 4. The Balaban J connectivity index is 1.68. The van der Waals surface area contributed by atoms with Gasteiger partial charge in [0.05, 0.1) is 23.2 Å². The highest BCUT2D eigenvalue weighted by Gasteiger charge is 2.39. The molecular formula is C23H13NO7S. The third-order valence-corrected chi connectivity index (χ3v) is 6.57. The fraction of sp³-hybridized carbons (Fsp3) is 0.0435. The summed E-state index contributed by atoms with van der Waals surface area (Å²) in [4.78, 5) is 51.5. The molecule has 9 heteroatoms. The summed E-state index contributed by atoms with van der Waals surface area (Å²) in [6, 6.07) is 14.6. The van der Waals surface area contributed by atoms with Gasteiger partial charge in [-0.25, -0.2) is 0 Å². The van der Waals surface area contributed by atoms with Crippen LogP contribution in [0.5, 0.6) is 0 Å². The smallest absolute Gasteiger partial charge is 0.289 e. The number of nitrogens with zero attached hydrogens (tertiary/aromatic N) is 1. The van der Waals surface area contributed by atoms with E-state index in [1.54, 1.807) is 18.2 Å². The molecule has 0 fully saturated rings. The van der Waals surface area contributed by atoms with Crippen LogP contribution in [0.4, 0.5) is 0 Å². The third kappa shape index (κ3) is 2.75. The molecule has 0 saturated heterocycles. The van der Waals surface area contributed by atoms with Crippen molar-refractivity contribution < 1.29 is 32.1 Å². The van der Waals surface area contributed by atoms with Gasteiger partial charge in [0.2, 0.25) is 0 Å². The first kappa shape index (κ1) is 20.0. The third-order valence-electron chi connectivity index (χ3n) is 5.59. The maximum atomic E-state index is 13.1. The van der Waals surface area contributed by atoms with Gasteiger partial charge in [-0.05, 0) is 23.8 Å². The maximum Gasteiger partial charge on any atom is 0.295 e. The molecule has 1 aliphatic heterocycles. The number of carbonyl (C=O) groups excluding carboxylic acids is 4. The standard InChI is InChI=1S/C23H13NO7S/c25-19-13-5-1-2-6-14(13)20(26)18-17(19)10-9-12(21(18)32(29,30)31)11-24-22(27)15-7-3-4-8-16(15)23(24)28/h1-10H,11H2,(H,29,30,31). The second kappa shape index (κ2) is 6.78. The summed E-state index contributed by atoms with van der Waals surface area (Å²) in [5.41, 5.74) is -0.320. The Morgan fingerprint density at radius 2 is 1.16 bits per heavy atom. The minimum Gasteiger partial charge on any atom is -0.289 e. The lowest BCUT2D eigenvalue weighted by molar-refractivity contribution is 0.0640. The highest BCUT2D eigenvalue weighted by molar-refractivity contribution is 7.86. The molecule has 1 N–H and O–H groups in total. The molecule has 0 radical (unpaired) electrons. The molecule has 0 spiro atoms. The van der Waals surface area contributed by atoms with Crippen LogP contribution in [-0.2, 0) is 16.7 Å². The number of amides is 2. The van der Waals surface area contributed by atoms with Gasteiger partial charge in [0.25, 0.3) is 21.9 Å². The van der Waals surface area contributed by atoms with E-state index >= 15 is 0 Å². The monoisotopic (exact) mass is 447 g/mol. The molecule has 0 atom stereocenters. The van der Waals surface area contributed by atoms with Crippen molar-refractivity contribution in [2.24, 2.45) is 0 Å². The van der Waals surface area contributed by atoms with Crippen molar-refractivity contribution >= 4 is 33.5 Å². The first-order valence-corrected chi connectivity index (χ1v) is 10.9. The fourth-order valence-corrected chi connectivity index (χ4v) is 5.10. The first-order chi connectivity index (χ1) is 15.2. The van der Waals surface area contributed by atoms with E-state index in [9.17, 15) is 32.1 Å². The zero-order valence-electron chi connectivity index (χ0n) is 16.2. The van der Waals surface area contributed by atoms with Crippen LogP contribution in [0.3, 0.4) is 0 Å². The SMILES string of the molecule is O=C1c2ccccc2C(=O)c2c1ccc(CN1C(=O)c3ccccc3C1=O)c2S(=O)(=O)O. The van der Waals surface area contributed by atoms with Crippen molar-refractivity contribution in [1.29, 1.82) is 0 Å². The lowest BCUT2D eigenvalue weighted by Crippen LogP contribution is -2.31. The first-order valence-electron chi connectivity index (χ1n) is 9.47. The second-order valence-corrected chi connectivity index (χ2v) is 8.76. The van der Waals surface area contributed by atoms with Gasteiger partial charge in [-0.1, -0.05) is 42.5 Å². The average Bonchev–Trinajstić information content (AvgIpc) is 3.01. The van der Waals surface area contributed by atoms with E-state index in [-0.39, 0.29) is 33.4 Å². The number of ketones is 2. The Morgan fingerprint density at radius 1 is 0.656 bits per heavy atom. The number of benzene rings is 3. The van der Waals surface area contributed by atoms with Crippen molar-refractivity contribution in [2.45, 2.75) is 11.4 Å². The quantitative estimate of drug-likeness (QED) is 0.378. The minimum absolute atomic E-state index is 0.00720. The van der Waals surface area contributed by atoms with E-state index in [0.29, 0.717) is 0 Å². The van der Waals surface area contributed by atoms with Crippen LogP contribution in [0, 0.1) is 0 Å². The summed E-state index contributed by atoms with van der Waals surface area (Å²) in [5.74, 6) is -2.56. The largest absolute Gasteiger partial charge is 0.295 e. The molecular weight excluding hydrogens is 434 g/mol. The molecule has 158 valence electrons. The highest BCUT2D eigenvalue weighted by Crippen LogP contribution is 2.35.